The molecule has 13 heteroatoms. The molecule has 13 nitrogen and oxygen atoms in total. The summed E-state index contributed by atoms with van der Waals surface area (Å²) in [6.45, 7) is 0.566. The summed E-state index contributed by atoms with van der Waals surface area (Å²) < 4.78 is 31.5. The van der Waals surface area contributed by atoms with Crippen molar-refractivity contribution in [3.05, 3.63) is 67.8 Å². The number of nitro groups is 2. The molecule has 2 aromatic carbocycles. The van der Waals surface area contributed by atoms with E-state index in [1.165, 1.54) is 64.8 Å². The molecule has 2 rings (SSSR count). The number of nitrogens with zero attached hydrogens (tertiary/aromatic N) is 2. The van der Waals surface area contributed by atoms with E-state index >= 15 is 0 Å². The smallest absolute Gasteiger partial charge is 0.394 e. The topological polar surface area (TPSA) is 159 Å². The first-order valence-electron chi connectivity index (χ1n) is 10.7. The van der Waals surface area contributed by atoms with Crippen LogP contribution in [0.15, 0.2) is 36.4 Å². The van der Waals surface area contributed by atoms with Crippen LogP contribution in [0.3, 0.4) is 0 Å². The maximum absolute atomic E-state index is 12.8. The van der Waals surface area contributed by atoms with Crippen LogP contribution < -0.4 is 9.47 Å². The van der Waals surface area contributed by atoms with E-state index in [0.29, 0.717) is 11.1 Å². The van der Waals surface area contributed by atoms with Crippen molar-refractivity contribution in [1.29, 1.82) is 0 Å². The van der Waals surface area contributed by atoms with Gasteiger partial charge in [-0.3, -0.25) is 20.2 Å². The van der Waals surface area contributed by atoms with Crippen molar-refractivity contribution < 1.29 is 43.1 Å². The molecule has 0 aliphatic heterocycles. The molecule has 0 heterocycles. The monoisotopic (exact) mass is 508 g/mol. The number of ether oxygens (including phenoxy) is 6. The van der Waals surface area contributed by atoms with Crippen LogP contribution in [0.5, 0.6) is 11.5 Å². The highest BCUT2D eigenvalue weighted by atomic mass is 16.7. The van der Waals surface area contributed by atoms with E-state index in [2.05, 4.69) is 0 Å². The molecule has 0 spiro atoms. The van der Waals surface area contributed by atoms with Crippen LogP contribution in [0.1, 0.15) is 23.0 Å². The fraction of sp³-hybridized carbons (Fsp3) is 0.435. The van der Waals surface area contributed by atoms with Crippen molar-refractivity contribution in [3.8, 4) is 11.5 Å². The van der Waals surface area contributed by atoms with Crippen LogP contribution in [0.25, 0.3) is 0 Å². The molecule has 0 bridgehead atoms. The Bertz CT molecular complexity index is 967. The molecule has 0 aromatic heterocycles. The summed E-state index contributed by atoms with van der Waals surface area (Å²) in [5.74, 6) is -0.937. The average molecular weight is 508 g/mol. The molecule has 0 amide bonds. The van der Waals surface area contributed by atoms with Gasteiger partial charge in [-0.2, -0.15) is 0 Å². The van der Waals surface area contributed by atoms with Gasteiger partial charge in [-0.15, -0.1) is 0 Å². The predicted octanol–water partition coefficient (Wildman–Crippen LogP) is 3.83. The second-order valence-electron chi connectivity index (χ2n) is 7.63. The Morgan fingerprint density at radius 1 is 0.694 bits per heavy atom. The molecule has 0 N–H and O–H groups in total. The number of methoxy groups -OCH3 is 4. The largest absolute Gasteiger partial charge is 0.519 e. The molecule has 2 aromatic rings. The maximum Gasteiger partial charge on any atom is 0.519 e. The van der Waals surface area contributed by atoms with E-state index in [1.807, 2.05) is 0 Å². The summed E-state index contributed by atoms with van der Waals surface area (Å²) >= 11 is 0. The minimum atomic E-state index is -1.15. The van der Waals surface area contributed by atoms with Crippen LogP contribution in [0.2, 0.25) is 0 Å². The first-order valence-corrected chi connectivity index (χ1v) is 10.7. The van der Waals surface area contributed by atoms with Gasteiger partial charge in [0.15, 0.2) is 0 Å². The lowest BCUT2D eigenvalue weighted by atomic mass is 9.99. The molecule has 0 aliphatic rings. The summed E-state index contributed by atoms with van der Waals surface area (Å²) in [6, 6.07) is 7.48. The molecular formula is C23H28N2O11. The van der Waals surface area contributed by atoms with Crippen LogP contribution in [-0.4, -0.2) is 70.9 Å². The number of benzene rings is 2. The molecule has 0 unspecified atom stereocenters. The van der Waals surface area contributed by atoms with E-state index < -0.39 is 27.8 Å². The van der Waals surface area contributed by atoms with Gasteiger partial charge >= 0.3 is 6.16 Å². The fourth-order valence-electron chi connectivity index (χ4n) is 3.58. The molecule has 0 radical (unpaired) electrons. The Balaban J connectivity index is 2.41. The van der Waals surface area contributed by atoms with Gasteiger partial charge in [0.25, 0.3) is 11.4 Å². The number of carbonyl (C=O) groups excluding carboxylic acids is 1. The Morgan fingerprint density at radius 2 is 1.03 bits per heavy atom. The molecule has 36 heavy (non-hydrogen) atoms. The molecule has 0 saturated heterocycles. The first-order chi connectivity index (χ1) is 17.2. The molecular weight excluding hydrogens is 480 g/mol. The van der Waals surface area contributed by atoms with E-state index in [9.17, 15) is 25.0 Å². The number of rotatable bonds is 14. The van der Waals surface area contributed by atoms with E-state index in [-0.39, 0.29) is 49.3 Å². The molecule has 0 fully saturated rings. The maximum atomic E-state index is 12.8. The third-order valence-corrected chi connectivity index (χ3v) is 5.15. The van der Waals surface area contributed by atoms with Crippen LogP contribution >= 0.6 is 0 Å². The van der Waals surface area contributed by atoms with Crippen LogP contribution in [0.4, 0.5) is 16.2 Å². The van der Waals surface area contributed by atoms with Crippen molar-refractivity contribution in [2.24, 2.45) is 0 Å². The van der Waals surface area contributed by atoms with Gasteiger partial charge < -0.3 is 28.4 Å². The Kier molecular flexibility index (Phi) is 11.1. The van der Waals surface area contributed by atoms with Gasteiger partial charge in [0, 0.05) is 75.7 Å². The number of non-ortho nitro benzene ring substituents is 2. The quantitative estimate of drug-likeness (QED) is 0.158. The van der Waals surface area contributed by atoms with Crippen LogP contribution in [-0.2, 0) is 18.9 Å². The minimum absolute atomic E-state index is 0.0125. The Morgan fingerprint density at radius 3 is 1.31 bits per heavy atom. The van der Waals surface area contributed by atoms with E-state index in [4.69, 9.17) is 28.4 Å². The second kappa shape index (κ2) is 14.0. The Labute approximate surface area is 207 Å². The summed E-state index contributed by atoms with van der Waals surface area (Å²) in [4.78, 5) is 34.2. The highest BCUT2D eigenvalue weighted by molar-refractivity contribution is 5.69. The fourth-order valence-corrected chi connectivity index (χ4v) is 3.58. The SMILES string of the molecule is COCC(COC)c1cc([N+](=O)[O-])ccc1OC(=O)Oc1ccc([N+](=O)[O-])cc1C(COC)COC. The van der Waals surface area contributed by atoms with Crippen molar-refractivity contribution in [2.75, 3.05) is 54.9 Å². The summed E-state index contributed by atoms with van der Waals surface area (Å²) in [6.07, 6.45) is -1.15. The predicted molar refractivity (Wildman–Crippen MR) is 126 cm³/mol. The standard InChI is InChI=1S/C23H28N2O11/c1-31-11-15(12-32-2)19-9-17(24(27)28)5-7-21(19)35-23(26)36-22-8-6-18(25(29)30)10-20(22)16(13-33-3)14-34-4/h5-10,15-16H,11-14H2,1-4H3. The van der Waals surface area contributed by atoms with Gasteiger partial charge in [-0.1, -0.05) is 0 Å². The van der Waals surface area contributed by atoms with Crippen molar-refractivity contribution in [2.45, 2.75) is 11.8 Å². The van der Waals surface area contributed by atoms with Gasteiger partial charge in [0.05, 0.1) is 36.3 Å². The second-order valence-corrected chi connectivity index (χ2v) is 7.63. The van der Waals surface area contributed by atoms with E-state index in [0.717, 1.165) is 0 Å². The van der Waals surface area contributed by atoms with Crippen molar-refractivity contribution >= 4 is 17.5 Å². The van der Waals surface area contributed by atoms with Crippen molar-refractivity contribution in [3.63, 3.8) is 0 Å². The number of hydrogen-bond donors (Lipinski definition) is 0. The summed E-state index contributed by atoms with van der Waals surface area (Å²) in [5, 5.41) is 22.6. The van der Waals surface area contributed by atoms with Gasteiger partial charge in [0.1, 0.15) is 11.5 Å². The summed E-state index contributed by atoms with van der Waals surface area (Å²) in [7, 11) is 5.84. The lowest BCUT2D eigenvalue weighted by Gasteiger charge is -2.20. The Hall–Kier alpha value is -3.65. The summed E-state index contributed by atoms with van der Waals surface area (Å²) in [5.41, 5.74) is 0.209. The number of nitro benzene ring substituents is 2. The average Bonchev–Trinajstić information content (AvgIpc) is 2.84. The zero-order valence-corrected chi connectivity index (χ0v) is 20.3. The lowest BCUT2D eigenvalue weighted by Crippen LogP contribution is -2.20. The van der Waals surface area contributed by atoms with Gasteiger partial charge in [-0.25, -0.2) is 4.79 Å². The van der Waals surface area contributed by atoms with Gasteiger partial charge in [-0.05, 0) is 12.1 Å². The zero-order valence-electron chi connectivity index (χ0n) is 20.3. The van der Waals surface area contributed by atoms with Gasteiger partial charge in [0.2, 0.25) is 0 Å². The van der Waals surface area contributed by atoms with Crippen molar-refractivity contribution in [1.82, 2.24) is 0 Å². The third kappa shape index (κ3) is 7.68. The number of hydrogen-bond acceptors (Lipinski definition) is 11. The highest BCUT2D eigenvalue weighted by Gasteiger charge is 2.25. The molecule has 0 saturated carbocycles. The first kappa shape index (κ1) is 28.6. The molecule has 0 aliphatic carbocycles. The van der Waals surface area contributed by atoms with E-state index in [1.54, 1.807) is 0 Å². The molecule has 196 valence electrons. The normalized spacial score (nSPS) is 11.1. The minimum Gasteiger partial charge on any atom is -0.394 e. The van der Waals surface area contributed by atoms with Crippen LogP contribution in [0, 0.1) is 20.2 Å². The zero-order chi connectivity index (χ0) is 26.7. The lowest BCUT2D eigenvalue weighted by molar-refractivity contribution is -0.385. The third-order valence-electron chi connectivity index (χ3n) is 5.15. The number of carbonyl (C=O) groups is 1. The molecule has 0 atom stereocenters. The highest BCUT2D eigenvalue weighted by Crippen LogP contribution is 2.34.